The highest BCUT2D eigenvalue weighted by Crippen LogP contribution is 2.39. The van der Waals surface area contributed by atoms with Gasteiger partial charge in [0.15, 0.2) is 6.61 Å². The molecule has 1 amide bonds. The second kappa shape index (κ2) is 9.60. The molecule has 5 nitrogen and oxygen atoms in total. The van der Waals surface area contributed by atoms with Crippen molar-refractivity contribution in [1.29, 1.82) is 0 Å². The smallest absolute Gasteiger partial charge is 0.306 e. The monoisotopic (exact) mass is 401 g/mol. The zero-order chi connectivity index (χ0) is 19.9. The number of rotatable bonds is 9. The third-order valence-corrected chi connectivity index (χ3v) is 4.91. The number of esters is 1. The number of hydrogen-bond acceptors (Lipinski definition) is 4. The van der Waals surface area contributed by atoms with Crippen LogP contribution in [0.25, 0.3) is 0 Å². The van der Waals surface area contributed by atoms with Gasteiger partial charge in [0.05, 0.1) is 12.8 Å². The summed E-state index contributed by atoms with van der Waals surface area (Å²) in [5.74, 6) is 0.409. The van der Waals surface area contributed by atoms with E-state index in [1.807, 2.05) is 0 Å². The van der Waals surface area contributed by atoms with Crippen molar-refractivity contribution in [3.05, 3.63) is 58.6 Å². The summed E-state index contributed by atoms with van der Waals surface area (Å²) in [6.07, 6.45) is 4.36. The molecule has 0 radical (unpaired) electrons. The van der Waals surface area contributed by atoms with Crippen molar-refractivity contribution in [3.63, 3.8) is 0 Å². The molecular weight excluding hydrogens is 378 g/mol. The molecule has 3 rings (SSSR count). The van der Waals surface area contributed by atoms with Gasteiger partial charge in [0.2, 0.25) is 0 Å². The van der Waals surface area contributed by atoms with E-state index in [4.69, 9.17) is 21.1 Å². The summed E-state index contributed by atoms with van der Waals surface area (Å²) >= 11 is 5.93. The van der Waals surface area contributed by atoms with Crippen LogP contribution in [0.2, 0.25) is 5.02 Å². The van der Waals surface area contributed by atoms with Crippen LogP contribution in [0.3, 0.4) is 0 Å². The van der Waals surface area contributed by atoms with Crippen molar-refractivity contribution in [3.8, 4) is 5.75 Å². The van der Waals surface area contributed by atoms with Gasteiger partial charge in [-0.05, 0) is 60.9 Å². The SMILES string of the molecule is COc1ccc(Cl)cc1NC(=O)COC(=O)CCCc1ccc(C2CC2)cc1. The first-order chi connectivity index (χ1) is 13.5. The van der Waals surface area contributed by atoms with E-state index in [0.29, 0.717) is 22.9 Å². The van der Waals surface area contributed by atoms with Gasteiger partial charge in [-0.15, -0.1) is 0 Å². The molecule has 0 aliphatic heterocycles. The molecule has 1 saturated carbocycles. The van der Waals surface area contributed by atoms with Gasteiger partial charge in [-0.3, -0.25) is 9.59 Å². The number of nitrogens with one attached hydrogen (secondary N) is 1. The van der Waals surface area contributed by atoms with E-state index >= 15 is 0 Å². The number of ether oxygens (including phenoxy) is 2. The summed E-state index contributed by atoms with van der Waals surface area (Å²) in [6, 6.07) is 13.5. The van der Waals surface area contributed by atoms with Gasteiger partial charge in [-0.2, -0.15) is 0 Å². The fourth-order valence-electron chi connectivity index (χ4n) is 2.99. The van der Waals surface area contributed by atoms with Gasteiger partial charge in [0.1, 0.15) is 5.75 Å². The molecule has 2 aromatic carbocycles. The number of halogens is 1. The van der Waals surface area contributed by atoms with Gasteiger partial charge < -0.3 is 14.8 Å². The minimum Gasteiger partial charge on any atom is -0.495 e. The van der Waals surface area contributed by atoms with Crippen LogP contribution in [0, 0.1) is 0 Å². The quantitative estimate of drug-likeness (QED) is 0.617. The van der Waals surface area contributed by atoms with Crippen molar-refractivity contribution >= 4 is 29.2 Å². The normalized spacial score (nSPS) is 13.1. The van der Waals surface area contributed by atoms with Crippen LogP contribution >= 0.6 is 11.6 Å². The summed E-state index contributed by atoms with van der Waals surface area (Å²) in [7, 11) is 1.50. The first-order valence-electron chi connectivity index (χ1n) is 9.43. The van der Waals surface area contributed by atoms with Crippen molar-refractivity contribution in [2.75, 3.05) is 19.0 Å². The number of carbonyl (C=O) groups is 2. The van der Waals surface area contributed by atoms with Crippen molar-refractivity contribution in [1.82, 2.24) is 0 Å². The van der Waals surface area contributed by atoms with Crippen molar-refractivity contribution in [2.45, 2.75) is 38.0 Å². The second-order valence-corrected chi connectivity index (χ2v) is 7.36. The van der Waals surface area contributed by atoms with Crippen molar-refractivity contribution < 1.29 is 19.1 Å². The third-order valence-electron chi connectivity index (χ3n) is 4.67. The average molecular weight is 402 g/mol. The van der Waals surface area contributed by atoms with E-state index in [1.54, 1.807) is 18.2 Å². The molecule has 1 aliphatic carbocycles. The lowest BCUT2D eigenvalue weighted by Crippen LogP contribution is -2.21. The first kappa shape index (κ1) is 20.2. The molecule has 0 saturated heterocycles. The van der Waals surface area contributed by atoms with Crippen LogP contribution in [0.15, 0.2) is 42.5 Å². The van der Waals surface area contributed by atoms with E-state index in [1.165, 1.54) is 31.1 Å². The summed E-state index contributed by atoms with van der Waals surface area (Å²) in [6.45, 7) is -0.343. The largest absolute Gasteiger partial charge is 0.495 e. The van der Waals surface area contributed by atoms with Crippen LogP contribution in [-0.2, 0) is 20.7 Å². The van der Waals surface area contributed by atoms with Crippen molar-refractivity contribution in [2.24, 2.45) is 0 Å². The van der Waals surface area contributed by atoms with Crippen LogP contribution in [0.4, 0.5) is 5.69 Å². The minimum absolute atomic E-state index is 0.276. The molecule has 6 heteroatoms. The van der Waals surface area contributed by atoms with Gasteiger partial charge in [0.25, 0.3) is 5.91 Å². The van der Waals surface area contributed by atoms with Gasteiger partial charge in [-0.25, -0.2) is 0 Å². The van der Waals surface area contributed by atoms with Gasteiger partial charge in [-0.1, -0.05) is 35.9 Å². The average Bonchev–Trinajstić information content (AvgIpc) is 3.52. The predicted octanol–water partition coefficient (Wildman–Crippen LogP) is 4.73. The number of methoxy groups -OCH3 is 1. The summed E-state index contributed by atoms with van der Waals surface area (Å²) in [4.78, 5) is 23.9. The Morgan fingerprint density at radius 1 is 1.14 bits per heavy atom. The highest BCUT2D eigenvalue weighted by molar-refractivity contribution is 6.31. The Bertz CT molecular complexity index is 831. The molecular formula is C22H24ClNO4. The first-order valence-corrected chi connectivity index (χ1v) is 9.81. The molecule has 2 aromatic rings. The highest BCUT2D eigenvalue weighted by Gasteiger charge is 2.22. The van der Waals surface area contributed by atoms with Gasteiger partial charge >= 0.3 is 5.97 Å². The Morgan fingerprint density at radius 2 is 1.89 bits per heavy atom. The lowest BCUT2D eigenvalue weighted by atomic mass is 10.0. The molecule has 1 N–H and O–H groups in total. The number of benzene rings is 2. The number of aryl methyl sites for hydroxylation is 1. The molecule has 28 heavy (non-hydrogen) atoms. The lowest BCUT2D eigenvalue weighted by molar-refractivity contribution is -0.147. The fraction of sp³-hybridized carbons (Fsp3) is 0.364. The maximum atomic E-state index is 12.0. The molecule has 148 valence electrons. The summed E-state index contributed by atoms with van der Waals surface area (Å²) in [5.41, 5.74) is 3.05. The van der Waals surface area contributed by atoms with E-state index in [9.17, 15) is 9.59 Å². The molecule has 1 aliphatic rings. The molecule has 0 atom stereocenters. The maximum absolute atomic E-state index is 12.0. The van der Waals surface area contributed by atoms with E-state index < -0.39 is 5.91 Å². The molecule has 0 heterocycles. The number of hydrogen-bond donors (Lipinski definition) is 1. The van der Waals surface area contributed by atoms with Crippen LogP contribution in [0.1, 0.15) is 42.7 Å². The Hall–Kier alpha value is -2.53. The number of amides is 1. The fourth-order valence-corrected chi connectivity index (χ4v) is 3.16. The van der Waals surface area contributed by atoms with Gasteiger partial charge in [0, 0.05) is 11.4 Å². The zero-order valence-corrected chi connectivity index (χ0v) is 16.6. The Balaban J connectivity index is 1.36. The summed E-state index contributed by atoms with van der Waals surface area (Å²) in [5, 5.41) is 3.10. The Kier molecular flexibility index (Phi) is 6.93. The lowest BCUT2D eigenvalue weighted by Gasteiger charge is -2.11. The highest BCUT2D eigenvalue weighted by atomic mass is 35.5. The molecule has 0 bridgehead atoms. The van der Waals surface area contributed by atoms with E-state index in [2.05, 4.69) is 29.6 Å². The van der Waals surface area contributed by atoms with Crippen LogP contribution in [0.5, 0.6) is 5.75 Å². The Labute approximate surface area is 170 Å². The standard InChI is InChI=1S/C22H24ClNO4/c1-27-20-12-11-18(23)13-19(20)24-21(25)14-28-22(26)4-2-3-15-5-7-16(8-6-15)17-9-10-17/h5-8,11-13,17H,2-4,9-10,14H2,1H3,(H,24,25). The zero-order valence-electron chi connectivity index (χ0n) is 15.9. The molecule has 0 spiro atoms. The topological polar surface area (TPSA) is 64.6 Å². The Morgan fingerprint density at radius 3 is 2.57 bits per heavy atom. The molecule has 0 aromatic heterocycles. The second-order valence-electron chi connectivity index (χ2n) is 6.92. The number of carbonyl (C=O) groups excluding carboxylic acids is 2. The summed E-state index contributed by atoms with van der Waals surface area (Å²) < 4.78 is 10.2. The number of anilines is 1. The van der Waals surface area contributed by atoms with Crippen LogP contribution < -0.4 is 10.1 Å². The third kappa shape index (κ3) is 5.99. The van der Waals surface area contributed by atoms with E-state index in [-0.39, 0.29) is 19.0 Å². The van der Waals surface area contributed by atoms with E-state index in [0.717, 1.165) is 12.3 Å². The minimum atomic E-state index is -0.440. The molecule has 1 fully saturated rings. The predicted molar refractivity (Wildman–Crippen MR) is 109 cm³/mol. The van der Waals surface area contributed by atoms with Crippen LogP contribution in [-0.4, -0.2) is 25.6 Å². The molecule has 0 unspecified atom stereocenters. The maximum Gasteiger partial charge on any atom is 0.306 e.